The Morgan fingerprint density at radius 1 is 1.22 bits per heavy atom. The molecule has 1 aliphatic heterocycles. The van der Waals surface area contributed by atoms with E-state index in [1.54, 1.807) is 0 Å². The summed E-state index contributed by atoms with van der Waals surface area (Å²) < 4.78 is 0. The maximum atomic E-state index is 10.5. The van der Waals surface area contributed by atoms with Crippen LogP contribution in [0.3, 0.4) is 0 Å². The molecule has 0 atom stereocenters. The highest BCUT2D eigenvalue weighted by molar-refractivity contribution is 6.12. The van der Waals surface area contributed by atoms with Gasteiger partial charge in [-0.3, -0.25) is 19.7 Å². The van der Waals surface area contributed by atoms with E-state index in [1.807, 2.05) is 5.32 Å². The number of amides is 2. The van der Waals surface area contributed by atoms with E-state index in [1.165, 1.54) is 18.6 Å². The Labute approximate surface area is 106 Å². The first kappa shape index (κ1) is 14.4. The summed E-state index contributed by atoms with van der Waals surface area (Å²) in [6, 6.07) is 0. The van der Waals surface area contributed by atoms with Crippen molar-refractivity contribution in [3.05, 3.63) is 12.2 Å². The molecule has 18 heavy (non-hydrogen) atoms. The fourth-order valence-corrected chi connectivity index (χ4v) is 2.17. The van der Waals surface area contributed by atoms with E-state index in [-0.39, 0.29) is 17.7 Å². The Morgan fingerprint density at radius 3 is 2.00 bits per heavy atom. The van der Waals surface area contributed by atoms with Crippen molar-refractivity contribution in [2.45, 2.75) is 39.0 Å². The van der Waals surface area contributed by atoms with E-state index in [2.05, 4.69) is 6.92 Å². The summed E-state index contributed by atoms with van der Waals surface area (Å²) in [5.74, 6) is -0.502. The molecule has 1 aliphatic carbocycles. The first-order valence-electron chi connectivity index (χ1n) is 6.28. The maximum Gasteiger partial charge on any atom is 0.306 e. The summed E-state index contributed by atoms with van der Waals surface area (Å²) >= 11 is 0. The molecule has 0 spiro atoms. The number of carbonyl (C=O) groups excluding carboxylic acids is 2. The lowest BCUT2D eigenvalue weighted by Gasteiger charge is -2.24. The number of aliphatic carboxylic acids is 1. The van der Waals surface area contributed by atoms with E-state index >= 15 is 0 Å². The van der Waals surface area contributed by atoms with E-state index in [9.17, 15) is 14.4 Å². The van der Waals surface area contributed by atoms with Crippen LogP contribution >= 0.6 is 0 Å². The molecule has 0 aromatic heterocycles. The normalized spacial score (nSPS) is 26.3. The van der Waals surface area contributed by atoms with Crippen molar-refractivity contribution in [1.29, 1.82) is 0 Å². The molecule has 0 aromatic rings. The quantitative estimate of drug-likeness (QED) is 0.730. The summed E-state index contributed by atoms with van der Waals surface area (Å²) in [6.45, 7) is 2.19. The number of rotatable bonds is 2. The van der Waals surface area contributed by atoms with Gasteiger partial charge in [-0.25, -0.2) is 0 Å². The number of carboxylic acid groups (broad SMARTS) is 1. The van der Waals surface area contributed by atoms with Gasteiger partial charge in [0.1, 0.15) is 0 Å². The van der Waals surface area contributed by atoms with Crippen LogP contribution in [0.1, 0.15) is 39.0 Å². The minimum absolute atomic E-state index is 0.0437. The predicted octanol–water partition coefficient (Wildman–Crippen LogP) is 1.49. The highest BCUT2D eigenvalue weighted by Crippen LogP contribution is 2.30. The van der Waals surface area contributed by atoms with Crippen LogP contribution in [0.2, 0.25) is 0 Å². The van der Waals surface area contributed by atoms with Gasteiger partial charge in [-0.05, 0) is 31.6 Å². The zero-order valence-corrected chi connectivity index (χ0v) is 10.5. The number of carboxylic acids is 1. The van der Waals surface area contributed by atoms with Gasteiger partial charge < -0.3 is 5.11 Å². The second kappa shape index (κ2) is 6.93. The van der Waals surface area contributed by atoms with Crippen LogP contribution in [0.4, 0.5) is 0 Å². The van der Waals surface area contributed by atoms with Gasteiger partial charge in [0.05, 0.1) is 5.92 Å². The van der Waals surface area contributed by atoms with Crippen molar-refractivity contribution in [3.63, 3.8) is 0 Å². The summed E-state index contributed by atoms with van der Waals surface area (Å²) in [7, 11) is 0. The summed E-state index contributed by atoms with van der Waals surface area (Å²) in [5.41, 5.74) is 0. The summed E-state index contributed by atoms with van der Waals surface area (Å²) in [4.78, 5) is 30.6. The number of hydrogen-bond donors (Lipinski definition) is 2. The highest BCUT2D eigenvalue weighted by atomic mass is 16.4. The topological polar surface area (TPSA) is 83.5 Å². The van der Waals surface area contributed by atoms with Crippen LogP contribution in [-0.4, -0.2) is 22.9 Å². The third-order valence-corrected chi connectivity index (χ3v) is 3.41. The lowest BCUT2D eigenvalue weighted by Crippen LogP contribution is -2.20. The fourth-order valence-electron chi connectivity index (χ4n) is 2.17. The molecule has 0 aromatic carbocycles. The molecule has 5 heteroatoms. The molecule has 0 bridgehead atoms. The lowest BCUT2D eigenvalue weighted by atomic mass is 9.81. The van der Waals surface area contributed by atoms with Crippen LogP contribution in [0.15, 0.2) is 12.2 Å². The Balaban J connectivity index is 0.000000199. The molecule has 2 N–H and O–H groups in total. The first-order chi connectivity index (χ1) is 8.52. The average Bonchev–Trinajstić information content (AvgIpc) is 2.74. The Bertz CT molecular complexity index is 338. The number of imide groups is 1. The third kappa shape index (κ3) is 4.69. The molecule has 0 unspecified atom stereocenters. The number of nitrogens with one attached hydrogen (secondary N) is 1. The molecule has 5 nitrogen and oxygen atoms in total. The SMILES string of the molecule is CCC1CCC(C(=O)O)CC1.O=C1C=CC(=O)N1. The van der Waals surface area contributed by atoms with Crippen molar-refractivity contribution >= 4 is 17.8 Å². The zero-order valence-electron chi connectivity index (χ0n) is 10.5. The molecule has 0 saturated heterocycles. The number of carbonyl (C=O) groups is 3. The van der Waals surface area contributed by atoms with Crippen LogP contribution in [0.25, 0.3) is 0 Å². The molecular formula is C13H19NO4. The Hall–Kier alpha value is -1.65. The van der Waals surface area contributed by atoms with E-state index in [0.29, 0.717) is 0 Å². The van der Waals surface area contributed by atoms with Gasteiger partial charge in [-0.15, -0.1) is 0 Å². The van der Waals surface area contributed by atoms with Gasteiger partial charge in [0.25, 0.3) is 11.8 Å². The monoisotopic (exact) mass is 253 g/mol. The summed E-state index contributed by atoms with van der Waals surface area (Å²) in [5, 5.41) is 10.7. The molecular weight excluding hydrogens is 234 g/mol. The minimum atomic E-state index is -0.598. The largest absolute Gasteiger partial charge is 0.481 e. The van der Waals surface area contributed by atoms with Crippen molar-refractivity contribution < 1.29 is 19.5 Å². The number of hydrogen-bond acceptors (Lipinski definition) is 3. The van der Waals surface area contributed by atoms with Crippen LogP contribution < -0.4 is 5.32 Å². The van der Waals surface area contributed by atoms with Crippen molar-refractivity contribution in [3.8, 4) is 0 Å². The molecule has 2 amide bonds. The Morgan fingerprint density at radius 2 is 1.72 bits per heavy atom. The standard InChI is InChI=1S/C9H16O2.C4H3NO2/c1-2-7-3-5-8(6-4-7)9(10)11;6-3-1-2-4(7)5-3/h7-8H,2-6H2,1H3,(H,10,11);1-2H,(H,5,6,7). The molecule has 1 heterocycles. The third-order valence-electron chi connectivity index (χ3n) is 3.41. The molecule has 2 aliphatic rings. The zero-order chi connectivity index (χ0) is 13.5. The van der Waals surface area contributed by atoms with Gasteiger partial charge in [-0.1, -0.05) is 13.3 Å². The van der Waals surface area contributed by atoms with Gasteiger partial charge in [0.15, 0.2) is 0 Å². The lowest BCUT2D eigenvalue weighted by molar-refractivity contribution is -0.143. The highest BCUT2D eigenvalue weighted by Gasteiger charge is 2.24. The van der Waals surface area contributed by atoms with E-state index < -0.39 is 5.97 Å². The Kier molecular flexibility index (Phi) is 5.55. The van der Waals surface area contributed by atoms with Crippen molar-refractivity contribution in [2.75, 3.05) is 0 Å². The molecule has 0 radical (unpaired) electrons. The van der Waals surface area contributed by atoms with Gasteiger partial charge in [-0.2, -0.15) is 0 Å². The van der Waals surface area contributed by atoms with Crippen molar-refractivity contribution in [1.82, 2.24) is 5.32 Å². The average molecular weight is 253 g/mol. The first-order valence-corrected chi connectivity index (χ1v) is 6.28. The van der Waals surface area contributed by atoms with Crippen LogP contribution in [0, 0.1) is 11.8 Å². The second-order valence-corrected chi connectivity index (χ2v) is 4.65. The van der Waals surface area contributed by atoms with Gasteiger partial charge in [0.2, 0.25) is 0 Å². The summed E-state index contributed by atoms with van der Waals surface area (Å²) in [6.07, 6.45) is 7.64. The van der Waals surface area contributed by atoms with E-state index in [0.717, 1.165) is 31.6 Å². The van der Waals surface area contributed by atoms with Gasteiger partial charge >= 0.3 is 5.97 Å². The molecule has 100 valence electrons. The van der Waals surface area contributed by atoms with E-state index in [4.69, 9.17) is 5.11 Å². The van der Waals surface area contributed by atoms with Crippen LogP contribution in [-0.2, 0) is 14.4 Å². The maximum absolute atomic E-state index is 10.5. The van der Waals surface area contributed by atoms with Gasteiger partial charge in [0, 0.05) is 12.2 Å². The smallest absolute Gasteiger partial charge is 0.306 e. The molecule has 2 rings (SSSR count). The predicted molar refractivity (Wildman–Crippen MR) is 65.7 cm³/mol. The molecule has 1 fully saturated rings. The van der Waals surface area contributed by atoms with Crippen LogP contribution in [0.5, 0.6) is 0 Å². The molecule has 1 saturated carbocycles. The fraction of sp³-hybridized carbons (Fsp3) is 0.615. The minimum Gasteiger partial charge on any atom is -0.481 e. The second-order valence-electron chi connectivity index (χ2n) is 4.65. The van der Waals surface area contributed by atoms with Crippen molar-refractivity contribution in [2.24, 2.45) is 11.8 Å².